The zero-order valence-electron chi connectivity index (χ0n) is 13.1. The van der Waals surface area contributed by atoms with Gasteiger partial charge in [-0.1, -0.05) is 55.5 Å². The molecule has 0 saturated heterocycles. The number of carbonyl (C=O) groups is 1. The number of H-pyrrole nitrogens is 1. The minimum absolute atomic E-state index is 0.0618. The molecule has 0 radical (unpaired) electrons. The number of amides is 1. The second-order valence-corrected chi connectivity index (χ2v) is 5.37. The average molecular weight is 320 g/mol. The van der Waals surface area contributed by atoms with Gasteiger partial charge in [0.1, 0.15) is 0 Å². The van der Waals surface area contributed by atoms with Gasteiger partial charge in [-0.05, 0) is 11.6 Å². The van der Waals surface area contributed by atoms with Crippen molar-refractivity contribution in [1.82, 2.24) is 15.6 Å². The molecule has 1 aromatic heterocycles. The first-order chi connectivity index (χ1) is 11.7. The van der Waals surface area contributed by atoms with Crippen LogP contribution >= 0.6 is 0 Å². The molecule has 0 saturated carbocycles. The molecule has 1 heterocycles. The molecule has 3 aromatic rings. The van der Waals surface area contributed by atoms with Gasteiger partial charge in [0.2, 0.25) is 0 Å². The Bertz CT molecular complexity index is 948. The summed E-state index contributed by atoms with van der Waals surface area (Å²) in [7, 11) is 0. The number of aromatic nitrogens is 2. The molecule has 24 heavy (non-hydrogen) atoms. The number of rotatable bonds is 4. The molecule has 120 valence electrons. The molecule has 1 amide bonds. The lowest BCUT2D eigenvalue weighted by Crippen LogP contribution is -2.23. The number of carbonyl (C=O) groups excluding carboxylic acids is 1. The molecule has 0 aliphatic heterocycles. The molecule has 0 unspecified atom stereocenters. The number of nitrogens with one attached hydrogen (secondary N) is 2. The van der Waals surface area contributed by atoms with E-state index in [1.807, 2.05) is 37.3 Å². The van der Waals surface area contributed by atoms with E-state index in [2.05, 4.69) is 20.7 Å². The van der Waals surface area contributed by atoms with Crippen LogP contribution in [0.1, 0.15) is 28.9 Å². The van der Waals surface area contributed by atoms with Crippen LogP contribution in [0, 0.1) is 0 Å². The quantitative estimate of drug-likeness (QED) is 0.572. The third kappa shape index (κ3) is 3.22. The van der Waals surface area contributed by atoms with Gasteiger partial charge < -0.3 is 0 Å². The first kappa shape index (κ1) is 15.6. The zero-order valence-corrected chi connectivity index (χ0v) is 13.1. The average Bonchev–Trinajstić information content (AvgIpc) is 2.63. The summed E-state index contributed by atoms with van der Waals surface area (Å²) in [5.41, 5.74) is 3.36. The Morgan fingerprint density at radius 1 is 1.12 bits per heavy atom. The Morgan fingerprint density at radius 3 is 2.54 bits per heavy atom. The monoisotopic (exact) mass is 320 g/mol. The van der Waals surface area contributed by atoms with Gasteiger partial charge >= 0.3 is 0 Å². The van der Waals surface area contributed by atoms with E-state index >= 15 is 0 Å². The summed E-state index contributed by atoms with van der Waals surface area (Å²) >= 11 is 0. The van der Waals surface area contributed by atoms with Crippen LogP contribution in [0.3, 0.4) is 0 Å². The lowest BCUT2D eigenvalue weighted by molar-refractivity contribution is 0.0951. The second kappa shape index (κ2) is 6.87. The van der Waals surface area contributed by atoms with Gasteiger partial charge in [-0.3, -0.25) is 9.59 Å². The van der Waals surface area contributed by atoms with Gasteiger partial charge in [-0.25, -0.2) is 10.5 Å². The van der Waals surface area contributed by atoms with Gasteiger partial charge in [-0.15, -0.1) is 0 Å². The predicted octanol–water partition coefficient (Wildman–Crippen LogP) is 2.44. The molecule has 0 bridgehead atoms. The molecule has 6 heteroatoms. The highest BCUT2D eigenvalue weighted by molar-refractivity contribution is 6.04. The summed E-state index contributed by atoms with van der Waals surface area (Å²) < 4.78 is 0. The number of benzene rings is 2. The Labute approximate surface area is 138 Å². The van der Waals surface area contributed by atoms with Crippen LogP contribution in [0.2, 0.25) is 0 Å². The van der Waals surface area contributed by atoms with Crippen LogP contribution in [0.4, 0.5) is 0 Å². The van der Waals surface area contributed by atoms with E-state index in [0.717, 1.165) is 5.56 Å². The Kier molecular flexibility index (Phi) is 4.47. The van der Waals surface area contributed by atoms with Gasteiger partial charge in [0.15, 0.2) is 5.69 Å². The normalized spacial score (nSPS) is 12.4. The second-order valence-electron chi connectivity index (χ2n) is 5.37. The molecular formula is C18H16N4O2. The van der Waals surface area contributed by atoms with Crippen molar-refractivity contribution >= 4 is 22.9 Å². The number of nitrogens with zero attached hydrogens (tertiary/aromatic N) is 2. The van der Waals surface area contributed by atoms with Crippen molar-refractivity contribution in [3.63, 3.8) is 0 Å². The summed E-state index contributed by atoms with van der Waals surface area (Å²) in [6.45, 7) is 1.98. The third-order valence-corrected chi connectivity index (χ3v) is 3.70. The fraction of sp³-hybridized carbons (Fsp3) is 0.111. The molecule has 2 N–H and O–H groups in total. The maximum absolute atomic E-state index is 12.3. The van der Waals surface area contributed by atoms with Gasteiger partial charge in [0, 0.05) is 17.5 Å². The lowest BCUT2D eigenvalue weighted by atomic mass is 10.0. The van der Waals surface area contributed by atoms with E-state index in [9.17, 15) is 9.59 Å². The standard InChI is InChI=1S/C18H16N4O2/c1-12(13-7-3-2-4-8-13)11-19-21-18(24)16-14-9-5-6-10-15(14)17(23)22-20-16/h2-12H,1H3,(H,21,24)(H,22,23)/b19-11-/t12-/m0/s1. The third-order valence-electron chi connectivity index (χ3n) is 3.70. The molecule has 3 rings (SSSR count). The molecule has 0 spiro atoms. The first-order valence-electron chi connectivity index (χ1n) is 7.52. The number of hydrazone groups is 1. The van der Waals surface area contributed by atoms with E-state index in [0.29, 0.717) is 10.8 Å². The summed E-state index contributed by atoms with van der Waals surface area (Å²) in [5, 5.41) is 11.1. The van der Waals surface area contributed by atoms with Crippen molar-refractivity contribution in [2.75, 3.05) is 0 Å². The fourth-order valence-electron chi connectivity index (χ4n) is 2.39. The highest BCUT2D eigenvalue weighted by Gasteiger charge is 2.13. The van der Waals surface area contributed by atoms with Crippen molar-refractivity contribution in [1.29, 1.82) is 0 Å². The first-order valence-corrected chi connectivity index (χ1v) is 7.52. The van der Waals surface area contributed by atoms with Gasteiger partial charge in [-0.2, -0.15) is 10.2 Å². The van der Waals surface area contributed by atoms with E-state index < -0.39 is 5.91 Å². The molecule has 0 fully saturated rings. The van der Waals surface area contributed by atoms with Crippen LogP contribution in [0.5, 0.6) is 0 Å². The molecular weight excluding hydrogens is 304 g/mol. The summed E-state index contributed by atoms with van der Waals surface area (Å²) in [6.07, 6.45) is 1.65. The van der Waals surface area contributed by atoms with E-state index in [1.165, 1.54) is 0 Å². The van der Waals surface area contributed by atoms with E-state index in [1.54, 1.807) is 30.5 Å². The molecule has 6 nitrogen and oxygen atoms in total. The van der Waals surface area contributed by atoms with Crippen LogP contribution < -0.4 is 11.0 Å². The predicted molar refractivity (Wildman–Crippen MR) is 93.2 cm³/mol. The molecule has 0 aliphatic rings. The van der Waals surface area contributed by atoms with E-state index in [4.69, 9.17) is 0 Å². The maximum Gasteiger partial charge on any atom is 0.292 e. The van der Waals surface area contributed by atoms with Crippen molar-refractivity contribution < 1.29 is 4.79 Å². The smallest absolute Gasteiger partial charge is 0.267 e. The van der Waals surface area contributed by atoms with Crippen molar-refractivity contribution in [3.8, 4) is 0 Å². The minimum atomic E-state index is -0.473. The lowest BCUT2D eigenvalue weighted by Gasteiger charge is -2.06. The van der Waals surface area contributed by atoms with Crippen LogP contribution in [0.15, 0.2) is 64.5 Å². The number of aromatic amines is 1. The van der Waals surface area contributed by atoms with Gasteiger partial charge in [0.25, 0.3) is 11.5 Å². The van der Waals surface area contributed by atoms with Crippen molar-refractivity contribution in [3.05, 3.63) is 76.2 Å². The summed E-state index contributed by atoms with van der Waals surface area (Å²) in [4.78, 5) is 24.0. The number of fused-ring (bicyclic) bond motifs is 1. The molecule has 0 aliphatic carbocycles. The van der Waals surface area contributed by atoms with Gasteiger partial charge in [0.05, 0.1) is 5.39 Å². The summed E-state index contributed by atoms with van der Waals surface area (Å²) in [5.74, 6) is -0.411. The zero-order chi connectivity index (χ0) is 16.9. The maximum atomic E-state index is 12.3. The molecule has 1 atom stereocenters. The van der Waals surface area contributed by atoms with E-state index in [-0.39, 0.29) is 17.2 Å². The molecule has 2 aromatic carbocycles. The topological polar surface area (TPSA) is 87.2 Å². The minimum Gasteiger partial charge on any atom is -0.267 e. The highest BCUT2D eigenvalue weighted by atomic mass is 16.2. The summed E-state index contributed by atoms with van der Waals surface area (Å²) in [6, 6.07) is 16.7. The number of hydrogen-bond donors (Lipinski definition) is 2. The Balaban J connectivity index is 1.78. The largest absolute Gasteiger partial charge is 0.292 e. The van der Waals surface area contributed by atoms with Crippen molar-refractivity contribution in [2.45, 2.75) is 12.8 Å². The van der Waals surface area contributed by atoms with Crippen LogP contribution in [-0.2, 0) is 0 Å². The number of hydrogen-bond acceptors (Lipinski definition) is 4. The SMILES string of the molecule is C[C@@H](/C=N\NC(=O)c1n[nH]c(=O)c2ccccc12)c1ccccc1. The Hall–Kier alpha value is -3.28. The van der Waals surface area contributed by atoms with Crippen molar-refractivity contribution in [2.24, 2.45) is 5.10 Å². The fourth-order valence-corrected chi connectivity index (χ4v) is 2.39. The van der Waals surface area contributed by atoms with Crippen LogP contribution in [-0.4, -0.2) is 22.3 Å². The van der Waals surface area contributed by atoms with Crippen LogP contribution in [0.25, 0.3) is 10.8 Å². The Morgan fingerprint density at radius 2 is 1.79 bits per heavy atom. The highest BCUT2D eigenvalue weighted by Crippen LogP contribution is 2.13.